The molecule has 0 bridgehead atoms. The summed E-state index contributed by atoms with van der Waals surface area (Å²) in [5, 5.41) is 4.09. The molecule has 1 heterocycles. The number of hydrogen-bond donors (Lipinski definition) is 1. The van der Waals surface area contributed by atoms with Gasteiger partial charge in [-0.15, -0.1) is 0 Å². The summed E-state index contributed by atoms with van der Waals surface area (Å²) in [7, 11) is 0. The van der Waals surface area contributed by atoms with Gasteiger partial charge >= 0.3 is 0 Å². The Morgan fingerprint density at radius 2 is 1.48 bits per heavy atom. The molecule has 3 aromatic rings. The Morgan fingerprint density at radius 1 is 0.839 bits per heavy atom. The molecule has 0 aliphatic carbocycles. The highest BCUT2D eigenvalue weighted by Crippen LogP contribution is 2.29. The molecule has 1 saturated heterocycles. The first-order chi connectivity index (χ1) is 15.2. The Balaban J connectivity index is 1.30. The van der Waals surface area contributed by atoms with Gasteiger partial charge in [0.1, 0.15) is 17.2 Å². The summed E-state index contributed by atoms with van der Waals surface area (Å²) in [5.41, 5.74) is 2.10. The van der Waals surface area contributed by atoms with E-state index in [1.165, 1.54) is 0 Å². The van der Waals surface area contributed by atoms with Gasteiger partial charge in [-0.3, -0.25) is 0 Å². The van der Waals surface area contributed by atoms with E-state index in [0.717, 1.165) is 59.9 Å². The van der Waals surface area contributed by atoms with Gasteiger partial charge in [0, 0.05) is 31.9 Å². The normalized spacial score (nSPS) is 13.6. The van der Waals surface area contributed by atoms with Crippen LogP contribution in [0.5, 0.6) is 17.2 Å². The molecule has 1 aliphatic rings. The van der Waals surface area contributed by atoms with Crippen LogP contribution in [0.25, 0.3) is 0 Å². The highest BCUT2D eigenvalue weighted by atomic mass is 32.1. The fourth-order valence-corrected chi connectivity index (χ4v) is 3.88. The second kappa shape index (κ2) is 10.2. The number of ether oxygens (including phenoxy) is 2. The van der Waals surface area contributed by atoms with Crippen LogP contribution in [0.1, 0.15) is 6.92 Å². The predicted octanol–water partition coefficient (Wildman–Crippen LogP) is 5.40. The van der Waals surface area contributed by atoms with Crippen molar-refractivity contribution in [3.63, 3.8) is 0 Å². The van der Waals surface area contributed by atoms with Crippen LogP contribution in [0.3, 0.4) is 0 Å². The summed E-state index contributed by atoms with van der Waals surface area (Å²) >= 11 is 5.66. The summed E-state index contributed by atoms with van der Waals surface area (Å²) in [6.45, 7) is 6.20. The van der Waals surface area contributed by atoms with Crippen molar-refractivity contribution in [1.29, 1.82) is 0 Å². The summed E-state index contributed by atoms with van der Waals surface area (Å²) < 4.78 is 11.6. The molecular weight excluding hydrogens is 406 g/mol. The van der Waals surface area contributed by atoms with E-state index in [1.54, 1.807) is 0 Å². The summed E-state index contributed by atoms with van der Waals surface area (Å²) in [5.74, 6) is 2.56. The number of piperazine rings is 1. The Morgan fingerprint density at radius 3 is 2.19 bits per heavy atom. The molecule has 0 spiro atoms. The fraction of sp³-hybridized carbons (Fsp3) is 0.240. The van der Waals surface area contributed by atoms with Gasteiger partial charge in [-0.25, -0.2) is 0 Å². The fourth-order valence-electron chi connectivity index (χ4n) is 3.58. The second-order valence-electron chi connectivity index (χ2n) is 7.24. The van der Waals surface area contributed by atoms with Crippen molar-refractivity contribution >= 4 is 28.7 Å². The molecule has 0 amide bonds. The largest absolute Gasteiger partial charge is 0.492 e. The van der Waals surface area contributed by atoms with Crippen LogP contribution in [-0.2, 0) is 0 Å². The predicted molar refractivity (Wildman–Crippen MR) is 131 cm³/mol. The van der Waals surface area contributed by atoms with E-state index in [0.29, 0.717) is 6.61 Å². The van der Waals surface area contributed by atoms with Gasteiger partial charge in [-0.2, -0.15) is 0 Å². The number of thiocarbonyl (C=S) groups is 1. The zero-order chi connectivity index (χ0) is 21.5. The molecule has 0 saturated carbocycles. The molecule has 0 atom stereocenters. The van der Waals surface area contributed by atoms with Gasteiger partial charge in [0.25, 0.3) is 0 Å². The molecule has 1 N–H and O–H groups in total. The van der Waals surface area contributed by atoms with E-state index >= 15 is 0 Å². The molecule has 5 nitrogen and oxygen atoms in total. The Bertz CT molecular complexity index is 987. The maximum Gasteiger partial charge on any atom is 0.173 e. The van der Waals surface area contributed by atoms with Crippen molar-refractivity contribution < 1.29 is 9.47 Å². The highest BCUT2D eigenvalue weighted by molar-refractivity contribution is 7.80. The maximum atomic E-state index is 5.85. The van der Waals surface area contributed by atoms with Crippen molar-refractivity contribution in [3.05, 3.63) is 78.9 Å². The lowest BCUT2D eigenvalue weighted by Gasteiger charge is -2.38. The van der Waals surface area contributed by atoms with Crippen LogP contribution < -0.4 is 19.7 Å². The number of anilines is 2. The molecule has 4 rings (SSSR count). The molecule has 1 aliphatic heterocycles. The number of benzene rings is 3. The Kier molecular flexibility index (Phi) is 6.89. The van der Waals surface area contributed by atoms with Crippen molar-refractivity contribution in [3.8, 4) is 17.2 Å². The average molecular weight is 434 g/mol. The van der Waals surface area contributed by atoms with E-state index in [1.807, 2.05) is 73.7 Å². The molecule has 1 fully saturated rings. The lowest BCUT2D eigenvalue weighted by molar-refractivity contribution is 0.336. The molecule has 0 aromatic heterocycles. The minimum Gasteiger partial charge on any atom is -0.492 e. The third kappa shape index (κ3) is 5.47. The van der Waals surface area contributed by atoms with Gasteiger partial charge < -0.3 is 24.6 Å². The first-order valence-electron chi connectivity index (χ1n) is 10.6. The van der Waals surface area contributed by atoms with Crippen molar-refractivity contribution in [2.45, 2.75) is 6.92 Å². The van der Waals surface area contributed by atoms with Crippen LogP contribution in [0.15, 0.2) is 78.9 Å². The van der Waals surface area contributed by atoms with Crippen LogP contribution in [-0.4, -0.2) is 42.8 Å². The number of nitrogens with one attached hydrogen (secondary N) is 1. The summed E-state index contributed by atoms with van der Waals surface area (Å²) in [6, 6.07) is 25.8. The van der Waals surface area contributed by atoms with Crippen LogP contribution in [0.2, 0.25) is 0 Å². The number of rotatable bonds is 6. The smallest absolute Gasteiger partial charge is 0.173 e. The zero-order valence-corrected chi connectivity index (χ0v) is 18.5. The molecule has 3 aromatic carbocycles. The third-order valence-electron chi connectivity index (χ3n) is 5.16. The van der Waals surface area contributed by atoms with Gasteiger partial charge in [0.2, 0.25) is 0 Å². The molecule has 31 heavy (non-hydrogen) atoms. The van der Waals surface area contributed by atoms with Gasteiger partial charge in [-0.05, 0) is 67.7 Å². The Labute approximate surface area is 189 Å². The lowest BCUT2D eigenvalue weighted by Crippen LogP contribution is -2.50. The first kappa shape index (κ1) is 21.0. The van der Waals surface area contributed by atoms with E-state index < -0.39 is 0 Å². The van der Waals surface area contributed by atoms with Gasteiger partial charge in [0.15, 0.2) is 5.11 Å². The lowest BCUT2D eigenvalue weighted by atomic mass is 10.2. The van der Waals surface area contributed by atoms with Crippen LogP contribution in [0.4, 0.5) is 11.4 Å². The zero-order valence-electron chi connectivity index (χ0n) is 17.7. The number of hydrogen-bond acceptors (Lipinski definition) is 4. The minimum atomic E-state index is 0.667. The van der Waals surface area contributed by atoms with Gasteiger partial charge in [-0.1, -0.05) is 30.3 Å². The molecule has 160 valence electrons. The minimum absolute atomic E-state index is 0.667. The average Bonchev–Trinajstić information content (AvgIpc) is 2.82. The van der Waals surface area contributed by atoms with Crippen molar-refractivity contribution in [1.82, 2.24) is 4.90 Å². The van der Waals surface area contributed by atoms with E-state index in [9.17, 15) is 0 Å². The maximum absolute atomic E-state index is 5.85. The molecule has 0 radical (unpaired) electrons. The SMILES string of the molecule is CCOc1ccccc1N1CCN(C(=S)Nc2ccc(Oc3ccccc3)cc2)CC1. The van der Waals surface area contributed by atoms with E-state index in [4.69, 9.17) is 21.7 Å². The topological polar surface area (TPSA) is 37.0 Å². The van der Waals surface area contributed by atoms with Crippen molar-refractivity contribution in [2.24, 2.45) is 0 Å². The first-order valence-corrected chi connectivity index (χ1v) is 11.0. The van der Waals surface area contributed by atoms with Crippen LogP contribution >= 0.6 is 12.2 Å². The van der Waals surface area contributed by atoms with Crippen LogP contribution in [0, 0.1) is 0 Å². The third-order valence-corrected chi connectivity index (χ3v) is 5.52. The second-order valence-corrected chi connectivity index (χ2v) is 7.63. The van der Waals surface area contributed by atoms with Gasteiger partial charge in [0.05, 0.1) is 12.3 Å². The standard InChI is InChI=1S/C25H27N3O2S/c1-2-29-24-11-7-6-10-23(24)27-16-18-28(19-17-27)25(31)26-20-12-14-22(15-13-20)30-21-8-4-3-5-9-21/h3-15H,2,16-19H2,1H3,(H,26,31). The number of para-hydroxylation sites is 3. The summed E-state index contributed by atoms with van der Waals surface area (Å²) in [6.07, 6.45) is 0. The monoisotopic (exact) mass is 433 g/mol. The highest BCUT2D eigenvalue weighted by Gasteiger charge is 2.21. The molecular formula is C25H27N3O2S. The van der Waals surface area contributed by atoms with Crippen molar-refractivity contribution in [2.75, 3.05) is 43.0 Å². The number of nitrogens with zero attached hydrogens (tertiary/aromatic N) is 2. The quantitative estimate of drug-likeness (QED) is 0.525. The Hall–Kier alpha value is -3.25. The van der Waals surface area contributed by atoms with E-state index in [2.05, 4.69) is 27.2 Å². The summed E-state index contributed by atoms with van der Waals surface area (Å²) in [4.78, 5) is 4.57. The molecule has 6 heteroatoms. The molecule has 0 unspecified atom stereocenters. The van der Waals surface area contributed by atoms with E-state index in [-0.39, 0.29) is 0 Å².